The fourth-order valence-electron chi connectivity index (χ4n) is 1.49. The van der Waals surface area contributed by atoms with Crippen molar-refractivity contribution in [3.05, 3.63) is 0 Å². The molecule has 35 heavy (non-hydrogen) atoms. The lowest BCUT2D eigenvalue weighted by atomic mass is 10.2. The third-order valence-electron chi connectivity index (χ3n) is 3.38. The number of ether oxygens (including phenoxy) is 4. The molecule has 1 atom stereocenters. The van der Waals surface area contributed by atoms with Gasteiger partial charge in [-0.1, -0.05) is 14.9 Å². The topological polar surface area (TPSA) is 40.2 Å². The van der Waals surface area contributed by atoms with E-state index in [-0.39, 0.29) is 21.5 Å². The maximum Gasteiger partial charge on any atom is 0.462 e. The van der Waals surface area contributed by atoms with Crippen LogP contribution < -0.4 is 0 Å². The standard InChI is InChI=1S/C12H7F17O4.2CH4/c13-5(14,3-30-1-4-2-31-4)9(22,23)32-11(26,27)7(17,18)12(28,29)33-10(24,25)6(15,16)8(19,20)21;;/h4H,1-3H2;2*1H4. The minimum absolute atomic E-state index is 0. The van der Waals surface area contributed by atoms with Crippen LogP contribution in [-0.2, 0) is 18.9 Å². The van der Waals surface area contributed by atoms with Gasteiger partial charge in [-0.3, -0.25) is 0 Å². The summed E-state index contributed by atoms with van der Waals surface area (Å²) in [5, 5.41) is 0. The molecule has 0 aromatic heterocycles. The molecule has 1 heterocycles. The molecule has 214 valence electrons. The van der Waals surface area contributed by atoms with Crippen molar-refractivity contribution in [2.45, 2.75) is 69.3 Å². The summed E-state index contributed by atoms with van der Waals surface area (Å²) in [5.74, 6) is -21.6. The van der Waals surface area contributed by atoms with Gasteiger partial charge in [0.25, 0.3) is 0 Å². The minimum Gasteiger partial charge on any atom is -0.372 e. The molecule has 1 rings (SSSR count). The molecule has 21 heteroatoms. The number of epoxide rings is 1. The van der Waals surface area contributed by atoms with Gasteiger partial charge in [-0.15, -0.1) is 0 Å². The Morgan fingerprint density at radius 2 is 0.914 bits per heavy atom. The van der Waals surface area contributed by atoms with Crippen LogP contribution in [0.4, 0.5) is 74.6 Å². The normalized spacial score (nSPS) is 18.6. The van der Waals surface area contributed by atoms with Gasteiger partial charge >= 0.3 is 48.4 Å². The lowest BCUT2D eigenvalue weighted by Gasteiger charge is -2.37. The molecule has 0 radical (unpaired) electrons. The first-order valence-electron chi connectivity index (χ1n) is 7.55. The molecule has 1 fully saturated rings. The number of halogens is 17. The van der Waals surface area contributed by atoms with Crippen LogP contribution in [0.2, 0.25) is 0 Å². The van der Waals surface area contributed by atoms with Crippen molar-refractivity contribution in [3.8, 4) is 0 Å². The maximum absolute atomic E-state index is 13.3. The molecule has 1 aliphatic heterocycles. The molecule has 0 N–H and O–H groups in total. The lowest BCUT2D eigenvalue weighted by molar-refractivity contribution is -0.542. The number of hydrogen-bond acceptors (Lipinski definition) is 4. The average molecular weight is 570 g/mol. The Morgan fingerprint density at radius 3 is 1.26 bits per heavy atom. The Hall–Kier alpha value is -1.35. The van der Waals surface area contributed by atoms with Crippen LogP contribution in [0.3, 0.4) is 0 Å². The Bertz CT molecular complexity index is 687. The second kappa shape index (κ2) is 10.2. The highest BCUT2D eigenvalue weighted by atomic mass is 19.4. The first kappa shape index (κ1) is 35.8. The van der Waals surface area contributed by atoms with E-state index in [1.807, 2.05) is 0 Å². The molecule has 0 spiro atoms. The summed E-state index contributed by atoms with van der Waals surface area (Å²) in [7, 11) is 0. The van der Waals surface area contributed by atoms with E-state index in [0.29, 0.717) is 0 Å². The van der Waals surface area contributed by atoms with Crippen molar-refractivity contribution < 1.29 is 93.6 Å². The molecular formula is C14H15F17O4. The van der Waals surface area contributed by atoms with E-state index < -0.39 is 67.7 Å². The summed E-state index contributed by atoms with van der Waals surface area (Å²) in [4.78, 5) is 0. The molecule has 0 amide bonds. The molecule has 1 saturated heterocycles. The van der Waals surface area contributed by atoms with Crippen molar-refractivity contribution in [1.29, 1.82) is 0 Å². The number of rotatable bonds is 12. The van der Waals surface area contributed by atoms with Crippen LogP contribution in [0.1, 0.15) is 14.9 Å². The quantitative estimate of drug-likeness (QED) is 0.197. The largest absolute Gasteiger partial charge is 0.462 e. The van der Waals surface area contributed by atoms with Gasteiger partial charge in [-0.2, -0.15) is 74.6 Å². The second-order valence-corrected chi connectivity index (χ2v) is 6.09. The Labute approximate surface area is 184 Å². The van der Waals surface area contributed by atoms with Crippen LogP contribution in [0, 0.1) is 0 Å². The molecule has 0 aliphatic carbocycles. The predicted octanol–water partition coefficient (Wildman–Crippen LogP) is 6.55. The van der Waals surface area contributed by atoms with E-state index in [9.17, 15) is 74.6 Å². The zero-order chi connectivity index (χ0) is 26.5. The predicted molar refractivity (Wildman–Crippen MR) is 76.9 cm³/mol. The Kier molecular flexibility index (Phi) is 10.4. The van der Waals surface area contributed by atoms with Gasteiger partial charge in [-0.05, 0) is 0 Å². The Balaban J connectivity index is 0. The number of alkyl halides is 17. The fourth-order valence-corrected chi connectivity index (χ4v) is 1.49. The van der Waals surface area contributed by atoms with Gasteiger partial charge in [-0.25, -0.2) is 9.47 Å². The summed E-state index contributed by atoms with van der Waals surface area (Å²) < 4.78 is 229. The van der Waals surface area contributed by atoms with Crippen molar-refractivity contribution in [1.82, 2.24) is 0 Å². The molecule has 1 unspecified atom stereocenters. The van der Waals surface area contributed by atoms with Crippen LogP contribution in [0.25, 0.3) is 0 Å². The monoisotopic (exact) mass is 570 g/mol. The molecule has 0 aromatic rings. The van der Waals surface area contributed by atoms with Gasteiger partial charge in [0.15, 0.2) is 0 Å². The molecule has 0 saturated carbocycles. The zero-order valence-electron chi connectivity index (χ0n) is 14.8. The highest BCUT2D eigenvalue weighted by Crippen LogP contribution is 2.55. The third kappa shape index (κ3) is 7.12. The minimum atomic E-state index is -7.95. The van der Waals surface area contributed by atoms with Gasteiger partial charge in [0.05, 0.1) is 13.2 Å². The fraction of sp³-hybridized carbons (Fsp3) is 1.00. The highest BCUT2D eigenvalue weighted by molar-refractivity contribution is 4.92. The average Bonchev–Trinajstić information content (AvgIpc) is 3.35. The van der Waals surface area contributed by atoms with Crippen molar-refractivity contribution in [2.24, 2.45) is 0 Å². The summed E-state index contributed by atoms with van der Waals surface area (Å²) in [6, 6.07) is 0. The van der Waals surface area contributed by atoms with E-state index in [1.165, 1.54) is 4.74 Å². The van der Waals surface area contributed by atoms with Crippen molar-refractivity contribution in [2.75, 3.05) is 19.8 Å². The maximum atomic E-state index is 13.3. The molecule has 1 aliphatic rings. The zero-order valence-corrected chi connectivity index (χ0v) is 14.8. The van der Waals surface area contributed by atoms with Crippen LogP contribution >= 0.6 is 0 Å². The summed E-state index contributed by atoms with van der Waals surface area (Å²) in [5.41, 5.74) is 0. The number of hydrogen-bond donors (Lipinski definition) is 0. The van der Waals surface area contributed by atoms with E-state index in [0.717, 1.165) is 0 Å². The molecular weight excluding hydrogens is 555 g/mol. The summed E-state index contributed by atoms with van der Waals surface area (Å²) in [6.45, 7) is -3.52. The second-order valence-electron chi connectivity index (χ2n) is 6.09. The first-order valence-corrected chi connectivity index (χ1v) is 7.55. The van der Waals surface area contributed by atoms with Crippen LogP contribution in [-0.4, -0.2) is 74.3 Å². The molecule has 0 bridgehead atoms. The third-order valence-corrected chi connectivity index (χ3v) is 3.38. The van der Waals surface area contributed by atoms with Gasteiger partial charge in [0.1, 0.15) is 12.7 Å². The van der Waals surface area contributed by atoms with Crippen LogP contribution in [0.15, 0.2) is 0 Å². The SMILES string of the molecule is C.C.FC(F)(F)C(F)(F)C(F)(F)OC(F)(F)C(F)(F)C(F)(F)OC(F)(F)C(F)(F)COCC1CO1. The van der Waals surface area contributed by atoms with Gasteiger partial charge in [0, 0.05) is 0 Å². The van der Waals surface area contributed by atoms with Crippen molar-refractivity contribution in [3.63, 3.8) is 0 Å². The molecule has 0 aromatic carbocycles. The van der Waals surface area contributed by atoms with Gasteiger partial charge < -0.3 is 9.47 Å². The van der Waals surface area contributed by atoms with Crippen LogP contribution in [0.5, 0.6) is 0 Å². The molecule has 4 nitrogen and oxygen atoms in total. The van der Waals surface area contributed by atoms with E-state index in [4.69, 9.17) is 0 Å². The highest BCUT2D eigenvalue weighted by Gasteiger charge is 2.83. The van der Waals surface area contributed by atoms with E-state index >= 15 is 0 Å². The summed E-state index contributed by atoms with van der Waals surface area (Å²) >= 11 is 0. The first-order chi connectivity index (χ1) is 14.2. The smallest absolute Gasteiger partial charge is 0.372 e. The lowest BCUT2D eigenvalue weighted by Crippen LogP contribution is -2.64. The van der Waals surface area contributed by atoms with E-state index in [2.05, 4.69) is 9.47 Å². The summed E-state index contributed by atoms with van der Waals surface area (Å²) in [6.07, 6.45) is -38.3. The Morgan fingerprint density at radius 1 is 0.571 bits per heavy atom. The van der Waals surface area contributed by atoms with Crippen molar-refractivity contribution >= 4 is 0 Å². The van der Waals surface area contributed by atoms with E-state index in [1.54, 1.807) is 4.74 Å². The van der Waals surface area contributed by atoms with Gasteiger partial charge in [0.2, 0.25) is 0 Å².